The number of hydrogen-bond donors (Lipinski definition) is 0. The van der Waals surface area contributed by atoms with Gasteiger partial charge in [0.25, 0.3) is 0 Å². The van der Waals surface area contributed by atoms with Crippen LogP contribution in [0.2, 0.25) is 0 Å². The van der Waals surface area contributed by atoms with Crippen LogP contribution in [0.3, 0.4) is 0 Å². The minimum absolute atomic E-state index is 0.773. The van der Waals surface area contributed by atoms with Crippen LogP contribution in [0.1, 0.15) is 59.3 Å². The van der Waals surface area contributed by atoms with Crippen LogP contribution >= 0.6 is 0 Å². The summed E-state index contributed by atoms with van der Waals surface area (Å²) in [6.07, 6.45) is 8.68. The molecule has 3 aliphatic rings. The minimum Gasteiger partial charge on any atom is -0.298 e. The molecule has 0 radical (unpaired) electrons. The van der Waals surface area contributed by atoms with Gasteiger partial charge in [0.1, 0.15) is 0 Å². The summed E-state index contributed by atoms with van der Waals surface area (Å²) in [5.74, 6) is 1.86. The number of fused-ring (bicyclic) bond motifs is 1. The standard InChI is InChI=1S/C17H32N2/c1-13-7-8-17(14(2)10-13)19-12-16-6-4-5-9-18(16)11-15(19)3/h13-17H,4-12H2,1-3H3. The maximum atomic E-state index is 2.89. The fourth-order valence-electron chi connectivity index (χ4n) is 4.98. The average Bonchev–Trinajstić information content (AvgIpc) is 2.38. The summed E-state index contributed by atoms with van der Waals surface area (Å²) in [4.78, 5) is 5.67. The second kappa shape index (κ2) is 5.73. The summed E-state index contributed by atoms with van der Waals surface area (Å²) >= 11 is 0. The number of nitrogens with zero attached hydrogens (tertiary/aromatic N) is 2. The van der Waals surface area contributed by atoms with Gasteiger partial charge in [-0.1, -0.05) is 20.3 Å². The summed E-state index contributed by atoms with van der Waals surface area (Å²) in [6.45, 7) is 11.4. The molecule has 2 nitrogen and oxygen atoms in total. The molecule has 0 aromatic carbocycles. The SMILES string of the molecule is CC1CCC(N2CC3CCCCN3CC2C)C(C)C1. The van der Waals surface area contributed by atoms with Gasteiger partial charge in [0.05, 0.1) is 0 Å². The van der Waals surface area contributed by atoms with E-state index < -0.39 is 0 Å². The third-order valence-electron chi connectivity index (χ3n) is 6.05. The van der Waals surface area contributed by atoms with Gasteiger partial charge in [-0.3, -0.25) is 9.80 Å². The summed E-state index contributed by atoms with van der Waals surface area (Å²) in [5.41, 5.74) is 0. The summed E-state index contributed by atoms with van der Waals surface area (Å²) in [6, 6.07) is 2.52. The van der Waals surface area contributed by atoms with Crippen molar-refractivity contribution in [3.8, 4) is 0 Å². The van der Waals surface area contributed by atoms with Crippen LogP contribution in [-0.4, -0.2) is 47.6 Å². The van der Waals surface area contributed by atoms with Crippen LogP contribution < -0.4 is 0 Å². The van der Waals surface area contributed by atoms with Gasteiger partial charge in [0.15, 0.2) is 0 Å². The zero-order valence-electron chi connectivity index (χ0n) is 13.1. The maximum absolute atomic E-state index is 2.89. The van der Waals surface area contributed by atoms with Crippen LogP contribution in [0.5, 0.6) is 0 Å². The van der Waals surface area contributed by atoms with Crippen molar-refractivity contribution in [1.82, 2.24) is 9.80 Å². The van der Waals surface area contributed by atoms with E-state index in [1.54, 1.807) is 0 Å². The Morgan fingerprint density at radius 1 is 0.895 bits per heavy atom. The molecule has 0 aromatic rings. The van der Waals surface area contributed by atoms with E-state index in [-0.39, 0.29) is 0 Å². The summed E-state index contributed by atoms with van der Waals surface area (Å²) < 4.78 is 0. The van der Waals surface area contributed by atoms with Crippen LogP contribution in [0.15, 0.2) is 0 Å². The number of rotatable bonds is 1. The lowest BCUT2D eigenvalue weighted by Crippen LogP contribution is -2.62. The number of hydrogen-bond acceptors (Lipinski definition) is 2. The van der Waals surface area contributed by atoms with Gasteiger partial charge < -0.3 is 0 Å². The first-order valence-electron chi connectivity index (χ1n) is 8.65. The van der Waals surface area contributed by atoms with Crippen LogP contribution in [0, 0.1) is 11.8 Å². The predicted molar refractivity (Wildman–Crippen MR) is 81.3 cm³/mol. The highest BCUT2D eigenvalue weighted by Crippen LogP contribution is 2.35. The maximum Gasteiger partial charge on any atom is 0.0224 e. The molecule has 0 amide bonds. The third-order valence-corrected chi connectivity index (χ3v) is 6.05. The van der Waals surface area contributed by atoms with E-state index in [1.807, 2.05) is 0 Å². The Hall–Kier alpha value is -0.0800. The van der Waals surface area contributed by atoms with Crippen LogP contribution in [0.25, 0.3) is 0 Å². The molecule has 3 rings (SSSR count). The van der Waals surface area contributed by atoms with Crippen molar-refractivity contribution in [3.63, 3.8) is 0 Å². The summed E-state index contributed by atoms with van der Waals surface area (Å²) in [7, 11) is 0. The molecule has 0 N–H and O–H groups in total. The summed E-state index contributed by atoms with van der Waals surface area (Å²) in [5, 5.41) is 0. The van der Waals surface area contributed by atoms with E-state index >= 15 is 0 Å². The van der Waals surface area contributed by atoms with E-state index in [2.05, 4.69) is 30.6 Å². The van der Waals surface area contributed by atoms with Crippen LogP contribution in [0.4, 0.5) is 0 Å². The molecule has 1 saturated carbocycles. The molecule has 19 heavy (non-hydrogen) atoms. The molecule has 2 heteroatoms. The largest absolute Gasteiger partial charge is 0.298 e. The molecule has 5 unspecified atom stereocenters. The van der Waals surface area contributed by atoms with Crippen molar-refractivity contribution in [2.75, 3.05) is 19.6 Å². The molecular formula is C17H32N2. The lowest BCUT2D eigenvalue weighted by atomic mass is 9.78. The predicted octanol–water partition coefficient (Wildman–Crippen LogP) is 3.37. The monoisotopic (exact) mass is 264 g/mol. The van der Waals surface area contributed by atoms with Crippen molar-refractivity contribution in [2.24, 2.45) is 11.8 Å². The molecule has 0 spiro atoms. The van der Waals surface area contributed by atoms with E-state index in [0.29, 0.717) is 0 Å². The second-order valence-electron chi connectivity index (χ2n) is 7.65. The highest BCUT2D eigenvalue weighted by atomic mass is 15.3. The quantitative estimate of drug-likeness (QED) is 0.716. The Balaban J connectivity index is 1.66. The molecule has 0 aromatic heterocycles. The van der Waals surface area contributed by atoms with E-state index in [4.69, 9.17) is 0 Å². The molecule has 3 fully saturated rings. The average molecular weight is 264 g/mol. The Bertz CT molecular complexity index is 304. The second-order valence-corrected chi connectivity index (χ2v) is 7.65. The van der Waals surface area contributed by atoms with E-state index in [0.717, 1.165) is 30.0 Å². The van der Waals surface area contributed by atoms with Gasteiger partial charge in [-0.15, -0.1) is 0 Å². The van der Waals surface area contributed by atoms with Crippen molar-refractivity contribution < 1.29 is 0 Å². The number of piperidine rings is 1. The van der Waals surface area contributed by atoms with Crippen molar-refractivity contribution in [2.45, 2.75) is 77.4 Å². The third kappa shape index (κ3) is 2.85. The van der Waals surface area contributed by atoms with Gasteiger partial charge in [-0.05, 0) is 57.4 Å². The Kier molecular flexibility index (Phi) is 4.19. The molecular weight excluding hydrogens is 232 g/mol. The highest BCUT2D eigenvalue weighted by molar-refractivity contribution is 4.94. The molecule has 5 atom stereocenters. The van der Waals surface area contributed by atoms with E-state index in [1.165, 1.54) is 58.2 Å². The van der Waals surface area contributed by atoms with Gasteiger partial charge >= 0.3 is 0 Å². The lowest BCUT2D eigenvalue weighted by molar-refractivity contribution is -0.0331. The normalized spacial score (nSPS) is 45.9. The van der Waals surface area contributed by atoms with Crippen molar-refractivity contribution in [1.29, 1.82) is 0 Å². The fraction of sp³-hybridized carbons (Fsp3) is 1.00. The van der Waals surface area contributed by atoms with E-state index in [9.17, 15) is 0 Å². The first-order valence-corrected chi connectivity index (χ1v) is 8.65. The zero-order valence-corrected chi connectivity index (χ0v) is 13.1. The first kappa shape index (κ1) is 13.9. The minimum atomic E-state index is 0.773. The topological polar surface area (TPSA) is 6.48 Å². The highest BCUT2D eigenvalue weighted by Gasteiger charge is 2.39. The van der Waals surface area contributed by atoms with Crippen molar-refractivity contribution >= 4 is 0 Å². The van der Waals surface area contributed by atoms with Gasteiger partial charge in [-0.2, -0.15) is 0 Å². The number of piperazine rings is 1. The zero-order chi connectivity index (χ0) is 13.4. The molecule has 2 aliphatic heterocycles. The molecule has 2 heterocycles. The molecule has 0 bridgehead atoms. The van der Waals surface area contributed by atoms with Crippen LogP contribution in [-0.2, 0) is 0 Å². The Morgan fingerprint density at radius 3 is 2.53 bits per heavy atom. The Labute approximate surface area is 119 Å². The molecule has 110 valence electrons. The van der Waals surface area contributed by atoms with Gasteiger partial charge in [-0.25, -0.2) is 0 Å². The van der Waals surface area contributed by atoms with Gasteiger partial charge in [0, 0.05) is 31.2 Å². The van der Waals surface area contributed by atoms with Crippen molar-refractivity contribution in [3.05, 3.63) is 0 Å². The molecule has 1 aliphatic carbocycles. The first-order chi connectivity index (χ1) is 9.15. The fourth-order valence-corrected chi connectivity index (χ4v) is 4.98. The molecule has 2 saturated heterocycles. The Morgan fingerprint density at radius 2 is 1.74 bits per heavy atom. The van der Waals surface area contributed by atoms with Gasteiger partial charge in [0.2, 0.25) is 0 Å². The smallest absolute Gasteiger partial charge is 0.0224 e. The lowest BCUT2D eigenvalue weighted by Gasteiger charge is -2.52.